The van der Waals surface area contributed by atoms with Crippen LogP contribution in [-0.2, 0) is 15.8 Å². The molecule has 0 saturated heterocycles. The molecule has 196 valence electrons. The molecule has 4 aliphatic carbocycles. The lowest BCUT2D eigenvalue weighted by Crippen LogP contribution is -2.53. The molecule has 0 aliphatic heterocycles. The van der Waals surface area contributed by atoms with Gasteiger partial charge in [0.15, 0.2) is 11.5 Å². The van der Waals surface area contributed by atoms with Gasteiger partial charge in [0, 0.05) is 22.6 Å². The average molecular weight is 575 g/mol. The molecule has 2 heterocycles. The Kier molecular flexibility index (Phi) is 5.92. The molecule has 0 aromatic carbocycles. The van der Waals surface area contributed by atoms with Gasteiger partial charge in [0.2, 0.25) is 5.60 Å². The highest BCUT2D eigenvalue weighted by Gasteiger charge is 2.56. The van der Waals surface area contributed by atoms with Crippen molar-refractivity contribution in [3.8, 4) is 0 Å². The maximum Gasteiger partial charge on any atom is 0.427 e. The van der Waals surface area contributed by atoms with Gasteiger partial charge in [0.1, 0.15) is 5.82 Å². The summed E-state index contributed by atoms with van der Waals surface area (Å²) in [6, 6.07) is 3.25. The van der Waals surface area contributed by atoms with Crippen LogP contribution in [0, 0.1) is 5.41 Å². The molecule has 2 aromatic rings. The Hall–Kier alpha value is -2.24. The van der Waals surface area contributed by atoms with Crippen LogP contribution in [0.1, 0.15) is 76.9 Å². The lowest BCUT2D eigenvalue weighted by Gasteiger charge is -2.53. The zero-order chi connectivity index (χ0) is 26.0. The molecular formula is C24H27BrF4N4O3. The van der Waals surface area contributed by atoms with Gasteiger partial charge < -0.3 is 9.26 Å². The van der Waals surface area contributed by atoms with Gasteiger partial charge in [0.25, 0.3) is 5.89 Å². The summed E-state index contributed by atoms with van der Waals surface area (Å²) < 4.78 is 65.6. The summed E-state index contributed by atoms with van der Waals surface area (Å²) in [4.78, 5) is 23.0. The van der Waals surface area contributed by atoms with Crippen LogP contribution in [0.4, 0.5) is 28.2 Å². The van der Waals surface area contributed by atoms with Crippen LogP contribution in [0.25, 0.3) is 0 Å². The van der Waals surface area contributed by atoms with E-state index in [0.717, 1.165) is 13.8 Å². The van der Waals surface area contributed by atoms with Crippen molar-refractivity contribution in [1.82, 2.24) is 15.1 Å². The normalized spacial score (nSPS) is 27.1. The lowest BCUT2D eigenvalue weighted by molar-refractivity contribution is -0.243. The van der Waals surface area contributed by atoms with E-state index in [0.29, 0.717) is 61.7 Å². The molecule has 0 N–H and O–H groups in total. The van der Waals surface area contributed by atoms with Crippen LogP contribution >= 0.6 is 15.9 Å². The Morgan fingerprint density at radius 2 is 1.78 bits per heavy atom. The Balaban J connectivity index is 1.35. The van der Waals surface area contributed by atoms with E-state index < -0.39 is 23.5 Å². The third-order valence-electron chi connectivity index (χ3n) is 8.10. The van der Waals surface area contributed by atoms with Crippen molar-refractivity contribution in [3.05, 3.63) is 34.5 Å². The molecule has 2 bridgehead atoms. The van der Waals surface area contributed by atoms with Crippen LogP contribution < -0.4 is 4.90 Å². The summed E-state index contributed by atoms with van der Waals surface area (Å²) in [5.74, 6) is 0.799. The number of carbonyl (C=O) groups excluding carboxylic acids is 1. The van der Waals surface area contributed by atoms with Crippen molar-refractivity contribution >= 4 is 27.8 Å². The second kappa shape index (κ2) is 8.39. The number of hydrogen-bond donors (Lipinski definition) is 0. The molecule has 7 nitrogen and oxygen atoms in total. The monoisotopic (exact) mass is 574 g/mol. The number of halogens is 5. The predicted molar refractivity (Wildman–Crippen MR) is 124 cm³/mol. The number of aromatic nitrogens is 3. The predicted octanol–water partition coefficient (Wildman–Crippen LogP) is 6.76. The van der Waals surface area contributed by atoms with Crippen molar-refractivity contribution in [1.29, 1.82) is 0 Å². The van der Waals surface area contributed by atoms with E-state index in [9.17, 15) is 22.4 Å². The zero-order valence-electron chi connectivity index (χ0n) is 20.0. The lowest BCUT2D eigenvalue weighted by atomic mass is 9.53. The number of fused-ring (bicyclic) bond motifs is 3. The maximum atomic E-state index is 14.4. The first kappa shape index (κ1) is 25.4. The van der Waals surface area contributed by atoms with Crippen LogP contribution in [0.3, 0.4) is 0 Å². The molecule has 2 aromatic heterocycles. The summed E-state index contributed by atoms with van der Waals surface area (Å²) in [6.45, 7) is 1.83. The summed E-state index contributed by atoms with van der Waals surface area (Å²) in [7, 11) is 0. The molecule has 4 aliphatic rings. The third-order valence-corrected chi connectivity index (χ3v) is 8.59. The van der Waals surface area contributed by atoms with E-state index in [1.807, 2.05) is 0 Å². The highest BCUT2D eigenvalue weighted by molar-refractivity contribution is 9.10. The highest BCUT2D eigenvalue weighted by Crippen LogP contribution is 2.58. The molecule has 4 fully saturated rings. The molecule has 6 rings (SSSR count). The van der Waals surface area contributed by atoms with Gasteiger partial charge in [-0.25, -0.2) is 14.2 Å². The number of alkyl halides is 4. The molecule has 4 saturated carbocycles. The first-order valence-corrected chi connectivity index (χ1v) is 12.8. The van der Waals surface area contributed by atoms with Crippen LogP contribution in [0.5, 0.6) is 0 Å². The minimum atomic E-state index is -4.73. The molecule has 0 unspecified atom stereocenters. The Labute approximate surface area is 214 Å². The van der Waals surface area contributed by atoms with Crippen LogP contribution in [0.2, 0.25) is 0 Å². The number of ether oxygens (including phenoxy) is 1. The molecular weight excluding hydrogens is 548 g/mol. The third kappa shape index (κ3) is 4.50. The molecule has 36 heavy (non-hydrogen) atoms. The van der Waals surface area contributed by atoms with E-state index in [2.05, 4.69) is 31.1 Å². The van der Waals surface area contributed by atoms with Crippen molar-refractivity contribution in [3.63, 3.8) is 0 Å². The Morgan fingerprint density at radius 1 is 1.14 bits per heavy atom. The number of carbonyl (C=O) groups is 1. The van der Waals surface area contributed by atoms with Crippen LogP contribution in [-0.4, -0.2) is 39.5 Å². The SMILES string of the molecule is CC(C)(OC(=O)N(CC12CCC(c3noc(C4(F)CC4)n3)(CC1)CC2)c1cc(Br)ccn1)C(F)(F)F. The minimum Gasteiger partial charge on any atom is -0.433 e. The number of amides is 1. The highest BCUT2D eigenvalue weighted by atomic mass is 79.9. The first-order chi connectivity index (χ1) is 16.8. The Bertz CT molecular complexity index is 1140. The number of pyridine rings is 1. The summed E-state index contributed by atoms with van der Waals surface area (Å²) in [5, 5.41) is 4.11. The number of nitrogens with zero attached hydrogens (tertiary/aromatic N) is 4. The quantitative estimate of drug-likeness (QED) is 0.354. The van der Waals surface area contributed by atoms with E-state index in [1.165, 1.54) is 11.1 Å². The van der Waals surface area contributed by atoms with Crippen molar-refractivity contribution in [2.24, 2.45) is 5.41 Å². The van der Waals surface area contributed by atoms with Gasteiger partial charge in [0.05, 0.1) is 0 Å². The number of anilines is 1. The largest absolute Gasteiger partial charge is 0.433 e. The van der Waals surface area contributed by atoms with Crippen molar-refractivity contribution < 1.29 is 31.6 Å². The molecule has 0 radical (unpaired) electrons. The van der Waals surface area contributed by atoms with E-state index in [-0.39, 0.29) is 29.1 Å². The first-order valence-electron chi connectivity index (χ1n) is 12.0. The van der Waals surface area contributed by atoms with Crippen LogP contribution in [0.15, 0.2) is 27.3 Å². The second-order valence-corrected chi connectivity index (χ2v) is 11.9. The summed E-state index contributed by atoms with van der Waals surface area (Å²) in [6.07, 6.45) is 0.709. The number of hydrogen-bond acceptors (Lipinski definition) is 6. The molecule has 0 spiro atoms. The minimum absolute atomic E-state index is 0.0520. The van der Waals surface area contributed by atoms with E-state index in [1.54, 1.807) is 12.1 Å². The van der Waals surface area contributed by atoms with Gasteiger partial charge in [-0.05, 0) is 82.8 Å². The summed E-state index contributed by atoms with van der Waals surface area (Å²) >= 11 is 3.34. The molecule has 12 heteroatoms. The standard InChI is InChI=1S/C24H27BrF4N4O3/c1-20(2,24(27,28)29)35-19(34)33(16-13-15(25)3-12-30-16)14-21-4-7-22(8-5-21,9-6-21)17-31-18(36-32-17)23(26)10-11-23/h3,12-13H,4-11,14H2,1-2H3. The smallest absolute Gasteiger partial charge is 0.427 e. The zero-order valence-corrected chi connectivity index (χ0v) is 21.6. The van der Waals surface area contributed by atoms with Gasteiger partial charge in [-0.3, -0.25) is 4.90 Å². The average Bonchev–Trinajstić information content (AvgIpc) is 3.36. The molecule has 0 atom stereocenters. The van der Waals surface area contributed by atoms with Gasteiger partial charge >= 0.3 is 12.3 Å². The fourth-order valence-corrected chi connectivity index (χ4v) is 5.55. The van der Waals surface area contributed by atoms with Crippen molar-refractivity contribution in [2.75, 3.05) is 11.4 Å². The second-order valence-electron chi connectivity index (χ2n) is 11.0. The summed E-state index contributed by atoms with van der Waals surface area (Å²) in [5.41, 5.74) is -4.78. The van der Waals surface area contributed by atoms with Gasteiger partial charge in [-0.1, -0.05) is 21.1 Å². The fourth-order valence-electron chi connectivity index (χ4n) is 5.23. The van der Waals surface area contributed by atoms with Gasteiger partial charge in [-0.2, -0.15) is 18.2 Å². The topological polar surface area (TPSA) is 81.4 Å². The van der Waals surface area contributed by atoms with E-state index >= 15 is 0 Å². The number of rotatable bonds is 6. The molecule has 1 amide bonds. The van der Waals surface area contributed by atoms with Gasteiger partial charge in [-0.15, -0.1) is 0 Å². The van der Waals surface area contributed by atoms with E-state index in [4.69, 9.17) is 9.26 Å². The Morgan fingerprint density at radius 3 is 2.33 bits per heavy atom. The van der Waals surface area contributed by atoms with Crippen molar-refractivity contribution in [2.45, 2.75) is 88.1 Å². The fraction of sp³-hybridized carbons (Fsp3) is 0.667. The maximum absolute atomic E-state index is 14.4.